The molecule has 2 N–H and O–H groups in total. The Labute approximate surface area is 158 Å². The summed E-state index contributed by atoms with van der Waals surface area (Å²) in [6.07, 6.45) is 0.790. The highest BCUT2D eigenvalue weighted by Gasteiger charge is 2.01. The molecule has 0 atom stereocenters. The number of pyridine rings is 1. The molecule has 0 radical (unpaired) electrons. The maximum Gasteiger partial charge on any atom is 0.213 e. The van der Waals surface area contributed by atoms with E-state index in [4.69, 9.17) is 4.74 Å². The molecule has 0 aliphatic heterocycles. The van der Waals surface area contributed by atoms with Gasteiger partial charge in [0.25, 0.3) is 0 Å². The summed E-state index contributed by atoms with van der Waals surface area (Å²) in [6, 6.07) is 12.1. The smallest absolute Gasteiger partial charge is 0.213 e. The van der Waals surface area contributed by atoms with Crippen molar-refractivity contribution in [1.29, 1.82) is 0 Å². The summed E-state index contributed by atoms with van der Waals surface area (Å²) in [5.41, 5.74) is 1.94. The molecule has 0 aliphatic carbocycles. The van der Waals surface area contributed by atoms with Crippen molar-refractivity contribution in [3.05, 3.63) is 59.5 Å². The Bertz CT molecular complexity index is 649. The van der Waals surface area contributed by atoms with Crippen LogP contribution in [0.25, 0.3) is 0 Å². The van der Waals surface area contributed by atoms with Gasteiger partial charge in [0.2, 0.25) is 5.88 Å². The molecule has 0 spiro atoms. The molecule has 0 bridgehead atoms. The lowest BCUT2D eigenvalue weighted by atomic mass is 10.1. The highest BCUT2D eigenvalue weighted by Crippen LogP contribution is 2.06. The summed E-state index contributed by atoms with van der Waals surface area (Å²) in [7, 11) is 3.31. The van der Waals surface area contributed by atoms with Gasteiger partial charge in [-0.05, 0) is 30.2 Å². The van der Waals surface area contributed by atoms with Crippen molar-refractivity contribution in [2.24, 2.45) is 4.99 Å². The molecular weight excluding hydrogens is 422 g/mol. The zero-order valence-electron chi connectivity index (χ0n) is 13.8. The summed E-state index contributed by atoms with van der Waals surface area (Å²) in [6.45, 7) is 1.25. The number of methoxy groups -OCH3 is 1. The van der Waals surface area contributed by atoms with Gasteiger partial charge in [-0.3, -0.25) is 4.99 Å². The number of benzene rings is 1. The molecule has 7 heteroatoms. The Morgan fingerprint density at radius 2 is 1.92 bits per heavy atom. The van der Waals surface area contributed by atoms with Crippen molar-refractivity contribution >= 4 is 29.9 Å². The Morgan fingerprint density at radius 1 is 1.17 bits per heavy atom. The number of rotatable bonds is 6. The number of halogens is 2. The maximum atomic E-state index is 12.8. The molecule has 5 nitrogen and oxygen atoms in total. The standard InChI is InChI=1S/C17H21FN4O.HI/c1-19-17(20-11-10-13-6-8-14(18)9-7-13)21-12-15-4-3-5-16(22-15)23-2;/h3-9H,10-12H2,1-2H3,(H2,19,20,21);1H. The van der Waals surface area contributed by atoms with Crippen LogP contribution < -0.4 is 15.4 Å². The number of ether oxygens (including phenoxy) is 1. The van der Waals surface area contributed by atoms with Gasteiger partial charge >= 0.3 is 0 Å². The number of nitrogens with one attached hydrogen (secondary N) is 2. The molecule has 2 rings (SSSR count). The molecule has 0 fully saturated rings. The van der Waals surface area contributed by atoms with Crippen LogP contribution in [0.5, 0.6) is 5.88 Å². The Hall–Kier alpha value is -1.90. The molecular formula is C17H22FIN4O. The Balaban J connectivity index is 0.00000288. The van der Waals surface area contributed by atoms with Crippen molar-refractivity contribution in [2.45, 2.75) is 13.0 Å². The van der Waals surface area contributed by atoms with Crippen LogP contribution in [0.4, 0.5) is 4.39 Å². The van der Waals surface area contributed by atoms with E-state index in [9.17, 15) is 4.39 Å². The van der Waals surface area contributed by atoms with Crippen LogP contribution >= 0.6 is 24.0 Å². The van der Waals surface area contributed by atoms with E-state index in [1.165, 1.54) is 12.1 Å². The first-order valence-electron chi connectivity index (χ1n) is 7.40. The lowest BCUT2D eigenvalue weighted by Gasteiger charge is -2.12. The molecule has 0 amide bonds. The van der Waals surface area contributed by atoms with E-state index in [0.717, 1.165) is 17.7 Å². The van der Waals surface area contributed by atoms with Gasteiger partial charge in [-0.2, -0.15) is 0 Å². The first-order valence-corrected chi connectivity index (χ1v) is 7.40. The topological polar surface area (TPSA) is 58.5 Å². The van der Waals surface area contributed by atoms with Crippen LogP contribution in [0.3, 0.4) is 0 Å². The number of hydrogen-bond donors (Lipinski definition) is 2. The first kappa shape index (κ1) is 20.1. The van der Waals surface area contributed by atoms with Gasteiger partial charge in [0.05, 0.1) is 19.3 Å². The summed E-state index contributed by atoms with van der Waals surface area (Å²) in [5.74, 6) is 1.06. The van der Waals surface area contributed by atoms with Crippen LogP contribution in [-0.4, -0.2) is 31.6 Å². The minimum absolute atomic E-state index is 0. The minimum Gasteiger partial charge on any atom is -0.481 e. The highest BCUT2D eigenvalue weighted by molar-refractivity contribution is 14.0. The van der Waals surface area contributed by atoms with Gasteiger partial charge in [-0.15, -0.1) is 24.0 Å². The Kier molecular flexibility index (Phi) is 9.06. The fourth-order valence-electron chi connectivity index (χ4n) is 2.04. The fraction of sp³-hybridized carbons (Fsp3) is 0.294. The van der Waals surface area contributed by atoms with Gasteiger partial charge in [-0.1, -0.05) is 18.2 Å². The van der Waals surface area contributed by atoms with Crippen LogP contribution in [0.2, 0.25) is 0 Å². The van der Waals surface area contributed by atoms with Crippen LogP contribution in [0.15, 0.2) is 47.5 Å². The second-order valence-corrected chi connectivity index (χ2v) is 4.90. The number of aliphatic imine (C=N–C) groups is 1. The van der Waals surface area contributed by atoms with Crippen LogP contribution in [0, 0.1) is 5.82 Å². The summed E-state index contributed by atoms with van der Waals surface area (Å²) < 4.78 is 17.9. The third-order valence-corrected chi connectivity index (χ3v) is 3.27. The van der Waals surface area contributed by atoms with E-state index in [-0.39, 0.29) is 29.8 Å². The van der Waals surface area contributed by atoms with E-state index in [0.29, 0.717) is 24.9 Å². The predicted molar refractivity (Wildman–Crippen MR) is 105 cm³/mol. The lowest BCUT2D eigenvalue weighted by molar-refractivity contribution is 0.396. The number of guanidine groups is 1. The molecule has 2 aromatic rings. The third kappa shape index (κ3) is 6.69. The quantitative estimate of drug-likeness (QED) is 0.409. The van der Waals surface area contributed by atoms with E-state index < -0.39 is 0 Å². The molecule has 0 aliphatic rings. The van der Waals surface area contributed by atoms with Crippen LogP contribution in [-0.2, 0) is 13.0 Å². The van der Waals surface area contributed by atoms with Gasteiger partial charge in [0, 0.05) is 19.7 Å². The summed E-state index contributed by atoms with van der Waals surface area (Å²) >= 11 is 0. The second kappa shape index (κ2) is 10.8. The number of hydrogen-bond acceptors (Lipinski definition) is 3. The molecule has 24 heavy (non-hydrogen) atoms. The molecule has 130 valence electrons. The van der Waals surface area contributed by atoms with Crippen molar-refractivity contribution < 1.29 is 9.13 Å². The molecule has 0 unspecified atom stereocenters. The molecule has 1 aromatic carbocycles. The average molecular weight is 444 g/mol. The Morgan fingerprint density at radius 3 is 2.58 bits per heavy atom. The van der Waals surface area contributed by atoms with E-state index in [2.05, 4.69) is 20.6 Å². The fourth-order valence-corrected chi connectivity index (χ4v) is 2.04. The normalized spacial score (nSPS) is 10.7. The second-order valence-electron chi connectivity index (χ2n) is 4.90. The molecule has 0 saturated carbocycles. The van der Waals surface area contributed by atoms with Gasteiger partial charge in [0.15, 0.2) is 5.96 Å². The van der Waals surface area contributed by atoms with E-state index >= 15 is 0 Å². The largest absolute Gasteiger partial charge is 0.481 e. The van der Waals surface area contributed by atoms with Crippen molar-refractivity contribution in [1.82, 2.24) is 15.6 Å². The summed E-state index contributed by atoms with van der Waals surface area (Å²) in [4.78, 5) is 8.50. The lowest BCUT2D eigenvalue weighted by Crippen LogP contribution is -2.38. The van der Waals surface area contributed by atoms with E-state index in [1.807, 2.05) is 12.1 Å². The van der Waals surface area contributed by atoms with Gasteiger partial charge in [0.1, 0.15) is 5.82 Å². The predicted octanol–water partition coefficient (Wildman–Crippen LogP) is 2.76. The molecule has 1 heterocycles. The van der Waals surface area contributed by atoms with Crippen molar-refractivity contribution in [2.75, 3.05) is 20.7 Å². The van der Waals surface area contributed by atoms with Gasteiger partial charge < -0.3 is 15.4 Å². The average Bonchev–Trinajstić information content (AvgIpc) is 2.59. The molecule has 1 aromatic heterocycles. The first-order chi connectivity index (χ1) is 11.2. The minimum atomic E-state index is -0.218. The van der Waals surface area contributed by atoms with Crippen molar-refractivity contribution in [3.8, 4) is 5.88 Å². The summed E-state index contributed by atoms with van der Waals surface area (Å²) in [5, 5.41) is 6.41. The zero-order valence-corrected chi connectivity index (χ0v) is 16.1. The maximum absolute atomic E-state index is 12.8. The highest BCUT2D eigenvalue weighted by atomic mass is 127. The van der Waals surface area contributed by atoms with E-state index in [1.54, 1.807) is 32.4 Å². The number of aromatic nitrogens is 1. The van der Waals surface area contributed by atoms with Crippen molar-refractivity contribution in [3.63, 3.8) is 0 Å². The van der Waals surface area contributed by atoms with Gasteiger partial charge in [-0.25, -0.2) is 9.37 Å². The monoisotopic (exact) mass is 444 g/mol. The van der Waals surface area contributed by atoms with Crippen LogP contribution in [0.1, 0.15) is 11.3 Å². The molecule has 0 saturated heterocycles. The third-order valence-electron chi connectivity index (χ3n) is 3.27. The zero-order chi connectivity index (χ0) is 16.5. The number of nitrogens with zero attached hydrogens (tertiary/aromatic N) is 2. The SMILES string of the molecule is CN=C(NCCc1ccc(F)cc1)NCc1cccc(OC)n1.I.